The van der Waals surface area contributed by atoms with Crippen LogP contribution in [0.2, 0.25) is 0 Å². The molecule has 8 heteroatoms. The van der Waals surface area contributed by atoms with Crippen LogP contribution in [0.3, 0.4) is 0 Å². The molecule has 0 atom stereocenters. The van der Waals surface area contributed by atoms with E-state index in [4.69, 9.17) is 0 Å². The molecule has 8 nitrogen and oxygen atoms in total. The molecule has 3 heterocycles. The van der Waals surface area contributed by atoms with Crippen LogP contribution in [-0.4, -0.2) is 52.1 Å². The Kier molecular flexibility index (Phi) is 5.51. The largest absolute Gasteiger partial charge is 0.334 e. The molecule has 3 amide bonds. The quantitative estimate of drug-likeness (QED) is 0.722. The molecule has 3 N–H and O–H groups in total. The highest BCUT2D eigenvalue weighted by atomic mass is 16.2. The first-order valence-electron chi connectivity index (χ1n) is 10.5. The van der Waals surface area contributed by atoms with Gasteiger partial charge in [-0.25, -0.2) is 4.79 Å². The second-order valence-electron chi connectivity index (χ2n) is 8.78. The van der Waals surface area contributed by atoms with Crippen LogP contribution < -0.4 is 10.6 Å². The highest BCUT2D eigenvalue weighted by Crippen LogP contribution is 2.41. The van der Waals surface area contributed by atoms with E-state index >= 15 is 0 Å². The number of aromatic nitrogens is 2. The van der Waals surface area contributed by atoms with E-state index in [-0.39, 0.29) is 17.9 Å². The maximum absolute atomic E-state index is 13.3. The zero-order valence-electron chi connectivity index (χ0n) is 17.9. The Hall–Kier alpha value is -2.87. The van der Waals surface area contributed by atoms with Gasteiger partial charge in [0.1, 0.15) is 0 Å². The average molecular weight is 411 g/mol. The first-order chi connectivity index (χ1) is 14.4. The molecule has 0 bridgehead atoms. The molecule has 30 heavy (non-hydrogen) atoms. The van der Waals surface area contributed by atoms with Gasteiger partial charge < -0.3 is 15.1 Å². The number of hydrogen-bond donors (Lipinski definition) is 3. The van der Waals surface area contributed by atoms with Crippen molar-refractivity contribution in [2.24, 2.45) is 5.92 Å². The lowest BCUT2D eigenvalue weighted by molar-refractivity contribution is -0.142. The molecule has 1 aromatic heterocycles. The third-order valence-electron chi connectivity index (χ3n) is 6.33. The van der Waals surface area contributed by atoms with Crippen molar-refractivity contribution in [1.29, 1.82) is 0 Å². The summed E-state index contributed by atoms with van der Waals surface area (Å²) in [5.41, 5.74) is 2.32. The van der Waals surface area contributed by atoms with E-state index in [2.05, 4.69) is 32.8 Å². The minimum Gasteiger partial charge on any atom is -0.334 e. The van der Waals surface area contributed by atoms with Gasteiger partial charge in [-0.2, -0.15) is 5.10 Å². The number of H-pyrrole nitrogens is 1. The molecule has 0 radical (unpaired) electrons. The zero-order chi connectivity index (χ0) is 21.3. The lowest BCUT2D eigenvalue weighted by Crippen LogP contribution is -2.46. The number of anilines is 1. The molecule has 0 unspecified atom stereocenters. The van der Waals surface area contributed by atoms with Crippen LogP contribution in [0.15, 0.2) is 30.3 Å². The summed E-state index contributed by atoms with van der Waals surface area (Å²) in [6, 6.07) is 9.42. The van der Waals surface area contributed by atoms with E-state index in [1.165, 1.54) is 0 Å². The van der Waals surface area contributed by atoms with Gasteiger partial charge in [0, 0.05) is 18.0 Å². The van der Waals surface area contributed by atoms with Gasteiger partial charge in [0.15, 0.2) is 5.82 Å². The Bertz CT molecular complexity index is 915. The summed E-state index contributed by atoms with van der Waals surface area (Å²) in [6.07, 6.45) is 1.78. The number of aromatic amines is 1. The molecule has 160 valence electrons. The second kappa shape index (κ2) is 8.10. The van der Waals surface area contributed by atoms with Crippen LogP contribution in [0.1, 0.15) is 43.5 Å². The van der Waals surface area contributed by atoms with Crippen LogP contribution in [0.4, 0.5) is 10.6 Å². The van der Waals surface area contributed by atoms with Crippen molar-refractivity contribution in [2.45, 2.75) is 45.3 Å². The van der Waals surface area contributed by atoms with Crippen molar-refractivity contribution < 1.29 is 9.59 Å². The van der Waals surface area contributed by atoms with Gasteiger partial charge in [-0.05, 0) is 52.4 Å². The van der Waals surface area contributed by atoms with Gasteiger partial charge in [-0.1, -0.05) is 30.3 Å². The highest BCUT2D eigenvalue weighted by molar-refractivity contribution is 5.89. The number of benzene rings is 1. The lowest BCUT2D eigenvalue weighted by Gasteiger charge is -2.37. The number of nitrogens with zero attached hydrogens (tertiary/aromatic N) is 3. The number of amides is 3. The Morgan fingerprint density at radius 2 is 1.90 bits per heavy atom. The number of hydrogen-bond acceptors (Lipinski definition) is 4. The second-order valence-corrected chi connectivity index (χ2v) is 8.78. The smallest absolute Gasteiger partial charge is 0.320 e. The molecule has 1 fully saturated rings. The van der Waals surface area contributed by atoms with Crippen molar-refractivity contribution in [3.05, 3.63) is 47.2 Å². The summed E-state index contributed by atoms with van der Waals surface area (Å²) in [7, 11) is 2.09. The zero-order valence-corrected chi connectivity index (χ0v) is 17.9. The van der Waals surface area contributed by atoms with Crippen LogP contribution >= 0.6 is 0 Å². The van der Waals surface area contributed by atoms with Crippen molar-refractivity contribution >= 4 is 17.8 Å². The lowest BCUT2D eigenvalue weighted by atomic mass is 9.93. The summed E-state index contributed by atoms with van der Waals surface area (Å²) in [5, 5.41) is 13.0. The molecule has 1 saturated heterocycles. The fraction of sp³-hybridized carbons (Fsp3) is 0.500. The van der Waals surface area contributed by atoms with Crippen molar-refractivity contribution in [3.8, 4) is 0 Å². The average Bonchev–Trinajstić information content (AvgIpc) is 3.25. The summed E-state index contributed by atoms with van der Waals surface area (Å²) < 4.78 is 0. The third kappa shape index (κ3) is 3.92. The predicted octanol–water partition coefficient (Wildman–Crippen LogP) is 2.65. The van der Waals surface area contributed by atoms with E-state index in [0.717, 1.165) is 42.8 Å². The van der Waals surface area contributed by atoms with Crippen LogP contribution in [0.5, 0.6) is 0 Å². The number of piperidine rings is 1. The number of rotatable bonds is 4. The van der Waals surface area contributed by atoms with Crippen LogP contribution in [-0.2, 0) is 23.4 Å². The summed E-state index contributed by atoms with van der Waals surface area (Å²) in [6.45, 7) is 6.86. The Morgan fingerprint density at radius 1 is 1.20 bits per heavy atom. The van der Waals surface area contributed by atoms with Gasteiger partial charge in [-0.3, -0.25) is 15.2 Å². The summed E-state index contributed by atoms with van der Waals surface area (Å²) >= 11 is 0. The maximum Gasteiger partial charge on any atom is 0.320 e. The minimum atomic E-state index is -0.483. The number of carbonyl (C=O) groups is 2. The first kappa shape index (κ1) is 20.4. The standard InChI is InChI=1S/C22H30N6O2/c1-22(2)18-17(14-28(22)20(29)16-9-11-27(3)12-10-16)19(26-25-18)24-21(30)23-13-15-7-5-4-6-8-15/h4-8,16H,9-14H2,1-3H3,(H3,23,24,25,26,30). The topological polar surface area (TPSA) is 93.4 Å². The Balaban J connectivity index is 1.42. The number of fused-ring (bicyclic) bond motifs is 1. The SMILES string of the molecule is CN1CCC(C(=O)N2Cc3c(NC(=O)NCc4ccccc4)n[nH]c3C2(C)C)CC1. The normalized spacial score (nSPS) is 18.8. The molecule has 0 spiro atoms. The molecular formula is C22H30N6O2. The van der Waals surface area contributed by atoms with E-state index in [1.54, 1.807) is 0 Å². The van der Waals surface area contributed by atoms with E-state index < -0.39 is 5.54 Å². The van der Waals surface area contributed by atoms with E-state index in [0.29, 0.717) is 18.9 Å². The Labute approximate surface area is 177 Å². The number of urea groups is 1. The molecule has 0 aliphatic carbocycles. The summed E-state index contributed by atoms with van der Waals surface area (Å²) in [5.74, 6) is 0.738. The molecule has 2 aliphatic heterocycles. The van der Waals surface area contributed by atoms with Gasteiger partial charge in [0.2, 0.25) is 5.91 Å². The van der Waals surface area contributed by atoms with Crippen LogP contribution in [0, 0.1) is 5.92 Å². The fourth-order valence-corrected chi connectivity index (χ4v) is 4.38. The highest BCUT2D eigenvalue weighted by Gasteiger charge is 2.45. The number of likely N-dealkylation sites (tertiary alicyclic amines) is 1. The van der Waals surface area contributed by atoms with Crippen molar-refractivity contribution in [1.82, 2.24) is 25.3 Å². The van der Waals surface area contributed by atoms with Gasteiger partial charge >= 0.3 is 6.03 Å². The third-order valence-corrected chi connectivity index (χ3v) is 6.33. The predicted molar refractivity (Wildman–Crippen MR) is 115 cm³/mol. The minimum absolute atomic E-state index is 0.0584. The molecule has 0 saturated carbocycles. The number of carbonyl (C=O) groups excluding carboxylic acids is 2. The van der Waals surface area contributed by atoms with Crippen molar-refractivity contribution in [3.63, 3.8) is 0 Å². The molecular weight excluding hydrogens is 380 g/mol. The molecule has 2 aliphatic rings. The first-order valence-corrected chi connectivity index (χ1v) is 10.5. The fourth-order valence-electron chi connectivity index (χ4n) is 4.38. The Morgan fingerprint density at radius 3 is 2.60 bits per heavy atom. The molecule has 2 aromatic rings. The van der Waals surface area contributed by atoms with Gasteiger partial charge in [0.25, 0.3) is 0 Å². The van der Waals surface area contributed by atoms with Crippen molar-refractivity contribution in [2.75, 3.05) is 25.5 Å². The molecule has 1 aromatic carbocycles. The van der Waals surface area contributed by atoms with Crippen LogP contribution in [0.25, 0.3) is 0 Å². The number of nitrogens with one attached hydrogen (secondary N) is 3. The van der Waals surface area contributed by atoms with Gasteiger partial charge in [0.05, 0.1) is 17.8 Å². The van der Waals surface area contributed by atoms with E-state index in [9.17, 15) is 9.59 Å². The van der Waals surface area contributed by atoms with Gasteiger partial charge in [-0.15, -0.1) is 0 Å². The monoisotopic (exact) mass is 410 g/mol. The summed E-state index contributed by atoms with van der Waals surface area (Å²) in [4.78, 5) is 29.8. The maximum atomic E-state index is 13.3. The van der Waals surface area contributed by atoms with E-state index in [1.807, 2.05) is 49.1 Å². The molecule has 4 rings (SSSR count).